The number of fused-ring (bicyclic) bond motifs is 1. The van der Waals surface area contributed by atoms with E-state index in [-0.39, 0.29) is 6.04 Å². The first kappa shape index (κ1) is 12.3. The first-order valence-electron chi connectivity index (χ1n) is 6.99. The smallest absolute Gasteiger partial charge is 0.142 e. The summed E-state index contributed by atoms with van der Waals surface area (Å²) in [6.45, 7) is 2.43. The molecule has 0 bridgehead atoms. The molecule has 0 aromatic heterocycles. The van der Waals surface area contributed by atoms with Gasteiger partial charge >= 0.3 is 0 Å². The van der Waals surface area contributed by atoms with Gasteiger partial charge in [0.15, 0.2) is 0 Å². The van der Waals surface area contributed by atoms with Gasteiger partial charge < -0.3 is 9.64 Å². The van der Waals surface area contributed by atoms with Crippen molar-refractivity contribution in [3.63, 3.8) is 0 Å². The molecule has 1 aromatic rings. The standard InChI is InChI=1S/C15H19N3O/c16-10-13(17-12-6-7-12)11-18-8-3-9-19-15-5-2-1-4-14(15)18/h1-2,4-5,12-13,17H,3,6-9,11H2. The van der Waals surface area contributed by atoms with E-state index in [0.717, 1.165) is 37.6 Å². The highest BCUT2D eigenvalue weighted by Crippen LogP contribution is 2.30. The molecule has 1 unspecified atom stereocenters. The Balaban J connectivity index is 1.73. The van der Waals surface area contributed by atoms with Crippen molar-refractivity contribution < 1.29 is 4.74 Å². The van der Waals surface area contributed by atoms with Crippen LogP contribution in [0.25, 0.3) is 0 Å². The Hall–Kier alpha value is -1.73. The normalized spacial score (nSPS) is 19.8. The molecule has 1 aromatic carbocycles. The van der Waals surface area contributed by atoms with Crippen molar-refractivity contribution >= 4 is 5.69 Å². The summed E-state index contributed by atoms with van der Waals surface area (Å²) in [6.07, 6.45) is 3.41. The molecule has 3 rings (SSSR count). The Bertz CT molecular complexity index is 479. The molecular formula is C15H19N3O. The highest BCUT2D eigenvalue weighted by Gasteiger charge is 2.26. The molecule has 0 amide bonds. The van der Waals surface area contributed by atoms with Gasteiger partial charge in [-0.2, -0.15) is 5.26 Å². The number of hydrogen-bond acceptors (Lipinski definition) is 4. The largest absolute Gasteiger partial charge is 0.491 e. The van der Waals surface area contributed by atoms with Gasteiger partial charge in [-0.05, 0) is 31.4 Å². The van der Waals surface area contributed by atoms with Crippen LogP contribution >= 0.6 is 0 Å². The minimum absolute atomic E-state index is 0.0985. The van der Waals surface area contributed by atoms with Crippen LogP contribution in [0.15, 0.2) is 24.3 Å². The molecule has 4 heteroatoms. The molecule has 1 heterocycles. The van der Waals surface area contributed by atoms with E-state index in [1.54, 1.807) is 0 Å². The monoisotopic (exact) mass is 257 g/mol. The van der Waals surface area contributed by atoms with Gasteiger partial charge in [0.05, 0.1) is 18.4 Å². The van der Waals surface area contributed by atoms with Crippen molar-refractivity contribution in [1.29, 1.82) is 5.26 Å². The quantitative estimate of drug-likeness (QED) is 0.895. The molecule has 1 fully saturated rings. The third kappa shape index (κ3) is 2.99. The average molecular weight is 257 g/mol. The number of anilines is 1. The number of rotatable bonds is 4. The van der Waals surface area contributed by atoms with Crippen LogP contribution in [0.3, 0.4) is 0 Å². The van der Waals surface area contributed by atoms with Crippen LogP contribution in [0, 0.1) is 11.3 Å². The molecule has 4 nitrogen and oxygen atoms in total. The van der Waals surface area contributed by atoms with Crippen LogP contribution in [-0.4, -0.2) is 31.8 Å². The fourth-order valence-electron chi connectivity index (χ4n) is 2.47. The first-order chi connectivity index (χ1) is 9.36. The van der Waals surface area contributed by atoms with Crippen LogP contribution in [0.1, 0.15) is 19.3 Å². The van der Waals surface area contributed by atoms with E-state index in [1.165, 1.54) is 12.8 Å². The van der Waals surface area contributed by atoms with Gasteiger partial charge in [-0.25, -0.2) is 0 Å². The van der Waals surface area contributed by atoms with Gasteiger partial charge in [-0.15, -0.1) is 0 Å². The van der Waals surface area contributed by atoms with Gasteiger partial charge in [0, 0.05) is 19.1 Å². The van der Waals surface area contributed by atoms with Crippen molar-refractivity contribution in [3.05, 3.63) is 24.3 Å². The Morgan fingerprint density at radius 1 is 1.42 bits per heavy atom. The van der Waals surface area contributed by atoms with Crippen molar-refractivity contribution in [2.45, 2.75) is 31.3 Å². The molecule has 1 saturated carbocycles. The second-order valence-electron chi connectivity index (χ2n) is 5.24. The molecule has 2 aliphatic rings. The summed E-state index contributed by atoms with van der Waals surface area (Å²) in [5.74, 6) is 0.933. The molecule has 1 aliphatic carbocycles. The Labute approximate surface area is 114 Å². The summed E-state index contributed by atoms with van der Waals surface area (Å²) in [5, 5.41) is 12.7. The lowest BCUT2D eigenvalue weighted by atomic mass is 10.2. The maximum absolute atomic E-state index is 9.28. The van der Waals surface area contributed by atoms with E-state index < -0.39 is 0 Å². The number of ether oxygens (including phenoxy) is 1. The minimum atomic E-state index is -0.0985. The maximum atomic E-state index is 9.28. The molecular weight excluding hydrogens is 238 g/mol. The lowest BCUT2D eigenvalue weighted by Gasteiger charge is -2.26. The molecule has 100 valence electrons. The maximum Gasteiger partial charge on any atom is 0.142 e. The zero-order chi connectivity index (χ0) is 13.1. The zero-order valence-corrected chi connectivity index (χ0v) is 11.0. The number of nitriles is 1. The highest BCUT2D eigenvalue weighted by atomic mass is 16.5. The SMILES string of the molecule is N#CC(CN1CCCOc2ccccc21)NC1CC1. The molecule has 1 N–H and O–H groups in total. The summed E-state index contributed by atoms with van der Waals surface area (Å²) < 4.78 is 5.74. The molecule has 0 radical (unpaired) electrons. The number of hydrogen-bond donors (Lipinski definition) is 1. The lowest BCUT2D eigenvalue weighted by molar-refractivity contribution is 0.322. The summed E-state index contributed by atoms with van der Waals surface area (Å²) in [6, 6.07) is 10.9. The summed E-state index contributed by atoms with van der Waals surface area (Å²) in [4.78, 5) is 2.27. The second kappa shape index (κ2) is 5.50. The average Bonchev–Trinajstić information content (AvgIpc) is 3.26. The predicted octanol–water partition coefficient (Wildman–Crippen LogP) is 1.92. The molecule has 0 spiro atoms. The van der Waals surface area contributed by atoms with Crippen molar-refractivity contribution in [2.24, 2.45) is 0 Å². The zero-order valence-electron chi connectivity index (χ0n) is 11.0. The third-order valence-electron chi connectivity index (χ3n) is 3.61. The van der Waals surface area contributed by atoms with E-state index in [9.17, 15) is 5.26 Å². The van der Waals surface area contributed by atoms with E-state index in [1.807, 2.05) is 18.2 Å². The van der Waals surface area contributed by atoms with E-state index in [2.05, 4.69) is 22.4 Å². The van der Waals surface area contributed by atoms with E-state index >= 15 is 0 Å². The Morgan fingerprint density at radius 3 is 3.05 bits per heavy atom. The van der Waals surface area contributed by atoms with Crippen LogP contribution in [-0.2, 0) is 0 Å². The van der Waals surface area contributed by atoms with Crippen molar-refractivity contribution in [3.8, 4) is 11.8 Å². The number of nitrogens with one attached hydrogen (secondary N) is 1. The highest BCUT2D eigenvalue weighted by molar-refractivity contribution is 5.59. The summed E-state index contributed by atoms with van der Waals surface area (Å²) in [5.41, 5.74) is 1.11. The molecule has 0 saturated heterocycles. The Kier molecular flexibility index (Phi) is 3.56. The van der Waals surface area contributed by atoms with Gasteiger partial charge in [0.1, 0.15) is 11.8 Å². The molecule has 19 heavy (non-hydrogen) atoms. The van der Waals surface area contributed by atoms with Crippen LogP contribution in [0.2, 0.25) is 0 Å². The fourth-order valence-corrected chi connectivity index (χ4v) is 2.47. The van der Waals surface area contributed by atoms with E-state index in [0.29, 0.717) is 6.04 Å². The van der Waals surface area contributed by atoms with Crippen LogP contribution in [0.5, 0.6) is 5.75 Å². The van der Waals surface area contributed by atoms with Crippen molar-refractivity contribution in [2.75, 3.05) is 24.6 Å². The van der Waals surface area contributed by atoms with Gasteiger partial charge in [-0.3, -0.25) is 5.32 Å². The lowest BCUT2D eigenvalue weighted by Crippen LogP contribution is -2.41. The first-order valence-corrected chi connectivity index (χ1v) is 6.99. The molecule has 1 atom stereocenters. The van der Waals surface area contributed by atoms with Gasteiger partial charge in [-0.1, -0.05) is 12.1 Å². The van der Waals surface area contributed by atoms with Gasteiger partial charge in [0.25, 0.3) is 0 Å². The van der Waals surface area contributed by atoms with Crippen molar-refractivity contribution in [1.82, 2.24) is 5.32 Å². The summed E-state index contributed by atoms with van der Waals surface area (Å²) in [7, 11) is 0. The van der Waals surface area contributed by atoms with Crippen LogP contribution in [0.4, 0.5) is 5.69 Å². The van der Waals surface area contributed by atoms with Crippen LogP contribution < -0.4 is 15.0 Å². The predicted molar refractivity (Wildman–Crippen MR) is 74.3 cm³/mol. The third-order valence-corrected chi connectivity index (χ3v) is 3.61. The second-order valence-corrected chi connectivity index (χ2v) is 5.24. The number of benzene rings is 1. The summed E-state index contributed by atoms with van der Waals surface area (Å²) >= 11 is 0. The Morgan fingerprint density at radius 2 is 2.26 bits per heavy atom. The fraction of sp³-hybridized carbons (Fsp3) is 0.533. The number of nitrogens with zero attached hydrogens (tertiary/aromatic N) is 2. The number of para-hydroxylation sites is 2. The van der Waals surface area contributed by atoms with E-state index in [4.69, 9.17) is 4.74 Å². The topological polar surface area (TPSA) is 48.3 Å². The molecule has 1 aliphatic heterocycles. The van der Waals surface area contributed by atoms with Gasteiger partial charge in [0.2, 0.25) is 0 Å². The minimum Gasteiger partial charge on any atom is -0.491 e.